The molecule has 0 aromatic rings. The second kappa shape index (κ2) is 4.39. The van der Waals surface area contributed by atoms with Crippen molar-refractivity contribution in [2.45, 2.75) is 24.9 Å². The standard InChI is InChI=1S/C9H16N2O2/c1-2-8(9(12)13)11-5-3-7(10)4-6-11/h2,7-8H,1,3-6,10H2,(H,12,13). The van der Waals surface area contributed by atoms with Gasteiger partial charge in [0.15, 0.2) is 0 Å². The molecule has 0 radical (unpaired) electrons. The predicted octanol–water partition coefficient (Wildman–Crippen LogP) is 0.0487. The van der Waals surface area contributed by atoms with Crippen LogP contribution >= 0.6 is 0 Å². The van der Waals surface area contributed by atoms with Crippen molar-refractivity contribution in [2.75, 3.05) is 13.1 Å². The van der Waals surface area contributed by atoms with Gasteiger partial charge in [-0.25, -0.2) is 0 Å². The smallest absolute Gasteiger partial charge is 0.324 e. The zero-order valence-corrected chi connectivity index (χ0v) is 7.65. The van der Waals surface area contributed by atoms with E-state index in [-0.39, 0.29) is 6.04 Å². The van der Waals surface area contributed by atoms with Gasteiger partial charge in [-0.1, -0.05) is 6.08 Å². The molecule has 0 amide bonds. The highest BCUT2D eigenvalue weighted by molar-refractivity contribution is 5.75. The van der Waals surface area contributed by atoms with Crippen molar-refractivity contribution in [2.24, 2.45) is 5.73 Å². The molecule has 0 aromatic heterocycles. The van der Waals surface area contributed by atoms with E-state index in [0.29, 0.717) is 0 Å². The summed E-state index contributed by atoms with van der Waals surface area (Å²) in [7, 11) is 0. The van der Waals surface area contributed by atoms with Crippen LogP contribution in [0.5, 0.6) is 0 Å². The van der Waals surface area contributed by atoms with Crippen molar-refractivity contribution in [3.05, 3.63) is 12.7 Å². The van der Waals surface area contributed by atoms with Gasteiger partial charge >= 0.3 is 5.97 Å². The third-order valence-corrected chi connectivity index (χ3v) is 2.44. The lowest BCUT2D eigenvalue weighted by molar-refractivity contribution is -0.141. The minimum atomic E-state index is -0.828. The first kappa shape index (κ1) is 10.2. The van der Waals surface area contributed by atoms with Crippen molar-refractivity contribution in [3.63, 3.8) is 0 Å². The van der Waals surface area contributed by atoms with Gasteiger partial charge in [0, 0.05) is 19.1 Å². The largest absolute Gasteiger partial charge is 0.480 e. The minimum Gasteiger partial charge on any atom is -0.480 e. The predicted molar refractivity (Wildman–Crippen MR) is 50.4 cm³/mol. The molecule has 4 heteroatoms. The number of rotatable bonds is 3. The van der Waals surface area contributed by atoms with E-state index in [9.17, 15) is 4.79 Å². The molecule has 0 aliphatic carbocycles. The average Bonchev–Trinajstić information content (AvgIpc) is 2.09. The summed E-state index contributed by atoms with van der Waals surface area (Å²) in [6.45, 7) is 5.03. The number of nitrogens with zero attached hydrogens (tertiary/aromatic N) is 1. The summed E-state index contributed by atoms with van der Waals surface area (Å²) in [5.41, 5.74) is 5.71. The average molecular weight is 184 g/mol. The fourth-order valence-electron chi connectivity index (χ4n) is 1.60. The Bertz CT molecular complexity index is 198. The third-order valence-electron chi connectivity index (χ3n) is 2.44. The molecule has 0 aromatic carbocycles. The molecule has 4 nitrogen and oxygen atoms in total. The number of likely N-dealkylation sites (tertiary alicyclic amines) is 1. The normalized spacial score (nSPS) is 22.5. The Morgan fingerprint density at radius 3 is 2.54 bits per heavy atom. The van der Waals surface area contributed by atoms with Crippen molar-refractivity contribution in [1.29, 1.82) is 0 Å². The van der Waals surface area contributed by atoms with E-state index in [1.165, 1.54) is 6.08 Å². The number of aliphatic carboxylic acids is 1. The molecule has 0 bridgehead atoms. The molecular weight excluding hydrogens is 168 g/mol. The Morgan fingerprint density at radius 1 is 1.62 bits per heavy atom. The summed E-state index contributed by atoms with van der Waals surface area (Å²) in [6.07, 6.45) is 3.22. The molecule has 1 aliphatic rings. The second-order valence-electron chi connectivity index (χ2n) is 3.39. The fraction of sp³-hybridized carbons (Fsp3) is 0.667. The fourth-order valence-corrected chi connectivity index (χ4v) is 1.60. The Hall–Kier alpha value is -0.870. The lowest BCUT2D eigenvalue weighted by Gasteiger charge is -2.32. The van der Waals surface area contributed by atoms with Crippen LogP contribution < -0.4 is 5.73 Å². The van der Waals surface area contributed by atoms with E-state index in [1.807, 2.05) is 4.90 Å². The molecule has 1 unspecified atom stereocenters. The van der Waals surface area contributed by atoms with Gasteiger partial charge in [0.1, 0.15) is 6.04 Å². The van der Waals surface area contributed by atoms with E-state index in [1.54, 1.807) is 0 Å². The number of nitrogens with two attached hydrogens (primary N) is 1. The van der Waals surface area contributed by atoms with E-state index in [4.69, 9.17) is 10.8 Å². The highest BCUT2D eigenvalue weighted by Gasteiger charge is 2.25. The summed E-state index contributed by atoms with van der Waals surface area (Å²) < 4.78 is 0. The van der Waals surface area contributed by atoms with E-state index in [2.05, 4.69) is 6.58 Å². The minimum absolute atomic E-state index is 0.232. The van der Waals surface area contributed by atoms with Crippen LogP contribution in [0.25, 0.3) is 0 Å². The summed E-state index contributed by atoms with van der Waals surface area (Å²) in [4.78, 5) is 12.7. The Morgan fingerprint density at radius 2 is 2.15 bits per heavy atom. The van der Waals surface area contributed by atoms with E-state index in [0.717, 1.165) is 25.9 Å². The van der Waals surface area contributed by atoms with Gasteiger partial charge in [0.25, 0.3) is 0 Å². The number of carbonyl (C=O) groups is 1. The SMILES string of the molecule is C=CC(C(=O)O)N1CCC(N)CC1. The van der Waals surface area contributed by atoms with Crippen molar-refractivity contribution < 1.29 is 9.90 Å². The molecule has 0 saturated carbocycles. The van der Waals surface area contributed by atoms with Gasteiger partial charge in [-0.05, 0) is 12.8 Å². The molecule has 1 fully saturated rings. The van der Waals surface area contributed by atoms with Crippen LogP contribution in [-0.4, -0.2) is 41.1 Å². The highest BCUT2D eigenvalue weighted by atomic mass is 16.4. The first-order valence-electron chi connectivity index (χ1n) is 4.50. The van der Waals surface area contributed by atoms with Crippen LogP contribution in [0.4, 0.5) is 0 Å². The van der Waals surface area contributed by atoms with Gasteiger partial charge in [0.05, 0.1) is 0 Å². The summed E-state index contributed by atoms with van der Waals surface area (Å²) in [5, 5.41) is 8.85. The maximum atomic E-state index is 10.8. The van der Waals surface area contributed by atoms with Gasteiger partial charge in [0.2, 0.25) is 0 Å². The molecule has 1 atom stereocenters. The monoisotopic (exact) mass is 184 g/mol. The van der Waals surface area contributed by atoms with E-state index >= 15 is 0 Å². The van der Waals surface area contributed by atoms with Crippen LogP contribution in [0, 0.1) is 0 Å². The second-order valence-corrected chi connectivity index (χ2v) is 3.39. The number of hydrogen-bond acceptors (Lipinski definition) is 3. The Labute approximate surface area is 78.0 Å². The first-order valence-corrected chi connectivity index (χ1v) is 4.50. The quantitative estimate of drug-likeness (QED) is 0.608. The van der Waals surface area contributed by atoms with Crippen molar-refractivity contribution >= 4 is 5.97 Å². The molecule has 1 rings (SSSR count). The summed E-state index contributed by atoms with van der Waals surface area (Å²) in [5.74, 6) is -0.828. The zero-order valence-electron chi connectivity index (χ0n) is 7.65. The Kier molecular flexibility index (Phi) is 3.45. The number of carboxylic acid groups (broad SMARTS) is 1. The number of hydrogen-bond donors (Lipinski definition) is 2. The van der Waals surface area contributed by atoms with Crippen LogP contribution in [-0.2, 0) is 4.79 Å². The van der Waals surface area contributed by atoms with E-state index < -0.39 is 12.0 Å². The molecular formula is C9H16N2O2. The Balaban J connectivity index is 2.51. The molecule has 1 aliphatic heterocycles. The number of carboxylic acids is 1. The lowest BCUT2D eigenvalue weighted by Crippen LogP contribution is -2.47. The van der Waals surface area contributed by atoms with Crippen molar-refractivity contribution in [3.8, 4) is 0 Å². The maximum absolute atomic E-state index is 10.8. The summed E-state index contributed by atoms with van der Waals surface area (Å²) in [6, 6.07) is -0.317. The van der Waals surface area contributed by atoms with Crippen molar-refractivity contribution in [1.82, 2.24) is 4.90 Å². The number of piperidine rings is 1. The first-order chi connectivity index (χ1) is 6.15. The lowest BCUT2D eigenvalue weighted by atomic mass is 10.0. The topological polar surface area (TPSA) is 66.6 Å². The highest BCUT2D eigenvalue weighted by Crippen LogP contribution is 2.12. The molecule has 3 N–H and O–H groups in total. The van der Waals surface area contributed by atoms with Crippen LogP contribution in [0.3, 0.4) is 0 Å². The molecule has 74 valence electrons. The summed E-state index contributed by atoms with van der Waals surface area (Å²) >= 11 is 0. The van der Waals surface area contributed by atoms with Crippen LogP contribution in [0.1, 0.15) is 12.8 Å². The zero-order chi connectivity index (χ0) is 9.84. The third kappa shape index (κ3) is 2.54. The van der Waals surface area contributed by atoms with Gasteiger partial charge in [-0.2, -0.15) is 0 Å². The van der Waals surface area contributed by atoms with Gasteiger partial charge in [-0.15, -0.1) is 6.58 Å². The van der Waals surface area contributed by atoms with Gasteiger partial charge < -0.3 is 10.8 Å². The maximum Gasteiger partial charge on any atom is 0.324 e. The molecule has 0 spiro atoms. The van der Waals surface area contributed by atoms with Crippen LogP contribution in [0.15, 0.2) is 12.7 Å². The molecule has 1 heterocycles. The molecule has 1 saturated heterocycles. The molecule has 13 heavy (non-hydrogen) atoms. The van der Waals surface area contributed by atoms with Crippen LogP contribution in [0.2, 0.25) is 0 Å². The van der Waals surface area contributed by atoms with Gasteiger partial charge in [-0.3, -0.25) is 9.69 Å².